The molecule has 0 radical (unpaired) electrons. The number of esters is 1. The van der Waals surface area contributed by atoms with Crippen molar-refractivity contribution in [3.8, 4) is 11.5 Å². The summed E-state index contributed by atoms with van der Waals surface area (Å²) in [5, 5.41) is 0. The molecule has 0 N–H and O–H groups in total. The molecule has 6 nitrogen and oxygen atoms in total. The van der Waals surface area contributed by atoms with Crippen molar-refractivity contribution in [2.24, 2.45) is 0 Å². The topological polar surface area (TPSA) is 65.1 Å². The molecule has 0 saturated heterocycles. The first-order valence-electron chi connectivity index (χ1n) is 8.36. The molecule has 0 unspecified atom stereocenters. The van der Waals surface area contributed by atoms with Gasteiger partial charge in [-0.3, -0.25) is 9.59 Å². The zero-order valence-electron chi connectivity index (χ0n) is 15.0. The van der Waals surface area contributed by atoms with Crippen LogP contribution in [-0.2, 0) is 14.3 Å². The van der Waals surface area contributed by atoms with Gasteiger partial charge in [-0.1, -0.05) is 12.1 Å². The van der Waals surface area contributed by atoms with Crippen molar-refractivity contribution in [2.75, 3.05) is 32.9 Å². The van der Waals surface area contributed by atoms with Gasteiger partial charge in [-0.15, -0.1) is 0 Å². The Morgan fingerprint density at radius 1 is 1.22 bits per heavy atom. The number of fused-ring (bicyclic) bond motifs is 1. The summed E-state index contributed by atoms with van der Waals surface area (Å²) >= 11 is 0. The smallest absolute Gasteiger partial charge is 0.406 e. The maximum Gasteiger partial charge on any atom is 0.406 e. The summed E-state index contributed by atoms with van der Waals surface area (Å²) in [7, 11) is 0. The molecule has 1 aliphatic rings. The van der Waals surface area contributed by atoms with E-state index in [9.17, 15) is 22.8 Å². The summed E-state index contributed by atoms with van der Waals surface area (Å²) in [6.45, 7) is 1.16. The Balaban J connectivity index is 2.26. The fraction of sp³-hybridized carbons (Fsp3) is 0.444. The average molecular weight is 387 g/mol. The third-order valence-electron chi connectivity index (χ3n) is 3.57. The van der Waals surface area contributed by atoms with E-state index >= 15 is 0 Å². The number of carbonyl (C=O) groups is 2. The molecule has 9 heteroatoms. The standard InChI is InChI=1S/C18H20F3NO5/c1-3-25-14-7-5-6-12-8-13(10-27-16(12)14)17(24)22(11-18(19,20)21)9-15(23)26-4-2/h5-8H,3-4,9-11H2,1-2H3. The maximum absolute atomic E-state index is 12.8. The van der Waals surface area contributed by atoms with Crippen LogP contribution >= 0.6 is 0 Å². The van der Waals surface area contributed by atoms with Gasteiger partial charge in [0.25, 0.3) is 5.91 Å². The zero-order valence-corrected chi connectivity index (χ0v) is 15.0. The van der Waals surface area contributed by atoms with E-state index in [-0.39, 0.29) is 18.8 Å². The minimum atomic E-state index is -4.65. The molecule has 0 bridgehead atoms. The van der Waals surface area contributed by atoms with E-state index in [4.69, 9.17) is 9.47 Å². The van der Waals surface area contributed by atoms with Crippen LogP contribution in [0.5, 0.6) is 11.5 Å². The number of alkyl halides is 3. The van der Waals surface area contributed by atoms with Crippen LogP contribution in [0.4, 0.5) is 13.2 Å². The lowest BCUT2D eigenvalue weighted by molar-refractivity contribution is -0.165. The number of halogens is 3. The molecule has 0 saturated carbocycles. The Morgan fingerprint density at radius 2 is 1.96 bits per heavy atom. The second-order valence-electron chi connectivity index (χ2n) is 5.65. The number of rotatable bonds is 7. The summed E-state index contributed by atoms with van der Waals surface area (Å²) in [5.41, 5.74) is 0.517. The highest BCUT2D eigenvalue weighted by Crippen LogP contribution is 2.36. The van der Waals surface area contributed by atoms with E-state index in [0.717, 1.165) is 0 Å². The second-order valence-corrected chi connectivity index (χ2v) is 5.65. The molecular formula is C18H20F3NO5. The summed E-state index contributed by atoms with van der Waals surface area (Å²) in [4.78, 5) is 24.6. The van der Waals surface area contributed by atoms with Gasteiger partial charge in [0, 0.05) is 5.56 Å². The van der Waals surface area contributed by atoms with Gasteiger partial charge >= 0.3 is 12.1 Å². The van der Waals surface area contributed by atoms with Gasteiger partial charge < -0.3 is 19.1 Å². The van der Waals surface area contributed by atoms with E-state index in [1.165, 1.54) is 13.0 Å². The monoisotopic (exact) mass is 387 g/mol. The van der Waals surface area contributed by atoms with Crippen molar-refractivity contribution in [3.05, 3.63) is 29.3 Å². The lowest BCUT2D eigenvalue weighted by Crippen LogP contribution is -2.44. The average Bonchev–Trinajstić information content (AvgIpc) is 2.59. The van der Waals surface area contributed by atoms with Crippen LogP contribution in [0.25, 0.3) is 6.08 Å². The molecule has 1 amide bonds. The molecule has 0 aromatic heterocycles. The van der Waals surface area contributed by atoms with Crippen LogP contribution in [0.15, 0.2) is 23.8 Å². The van der Waals surface area contributed by atoms with Crippen molar-refractivity contribution in [2.45, 2.75) is 20.0 Å². The molecule has 0 aliphatic carbocycles. The SMILES string of the molecule is CCOC(=O)CN(CC(F)(F)F)C(=O)C1=Cc2cccc(OCC)c2OC1. The van der Waals surface area contributed by atoms with Crippen molar-refractivity contribution >= 4 is 18.0 Å². The van der Waals surface area contributed by atoms with Crippen molar-refractivity contribution in [1.82, 2.24) is 4.90 Å². The molecule has 0 fully saturated rings. The molecular weight excluding hydrogens is 367 g/mol. The van der Waals surface area contributed by atoms with Gasteiger partial charge in [0.2, 0.25) is 0 Å². The minimum Gasteiger partial charge on any atom is -0.490 e. The Hall–Kier alpha value is -2.71. The van der Waals surface area contributed by atoms with Crippen LogP contribution in [0.2, 0.25) is 0 Å². The molecule has 0 atom stereocenters. The first kappa shape index (κ1) is 20.6. The lowest BCUT2D eigenvalue weighted by Gasteiger charge is -2.26. The first-order chi connectivity index (χ1) is 12.7. The Bertz CT molecular complexity index is 730. The number of ether oxygens (including phenoxy) is 3. The van der Waals surface area contributed by atoms with E-state index in [0.29, 0.717) is 28.6 Å². The van der Waals surface area contributed by atoms with Crippen LogP contribution in [0.3, 0.4) is 0 Å². The molecule has 1 aliphatic heterocycles. The predicted molar refractivity (Wildman–Crippen MR) is 90.4 cm³/mol. The highest BCUT2D eigenvalue weighted by molar-refractivity contribution is 6.00. The van der Waals surface area contributed by atoms with Crippen molar-refractivity contribution in [1.29, 1.82) is 0 Å². The second kappa shape index (κ2) is 8.79. The number of nitrogens with zero attached hydrogens (tertiary/aromatic N) is 1. The third kappa shape index (κ3) is 5.63. The lowest BCUT2D eigenvalue weighted by atomic mass is 10.1. The molecule has 27 heavy (non-hydrogen) atoms. The van der Waals surface area contributed by atoms with E-state index in [1.807, 2.05) is 0 Å². The fourth-order valence-corrected chi connectivity index (χ4v) is 2.55. The summed E-state index contributed by atoms with van der Waals surface area (Å²) < 4.78 is 54.1. The summed E-state index contributed by atoms with van der Waals surface area (Å²) in [5.74, 6) is -0.945. The Kier molecular flexibility index (Phi) is 6.70. The van der Waals surface area contributed by atoms with Gasteiger partial charge in [-0.05, 0) is 26.0 Å². The van der Waals surface area contributed by atoms with Gasteiger partial charge in [0.15, 0.2) is 11.5 Å². The predicted octanol–water partition coefficient (Wildman–Crippen LogP) is 2.82. The molecule has 1 aromatic rings. The zero-order chi connectivity index (χ0) is 20.0. The van der Waals surface area contributed by atoms with Crippen molar-refractivity contribution in [3.63, 3.8) is 0 Å². The molecule has 1 heterocycles. The van der Waals surface area contributed by atoms with Crippen LogP contribution in [0, 0.1) is 0 Å². The molecule has 0 spiro atoms. The molecule has 2 rings (SSSR count). The van der Waals surface area contributed by atoms with Crippen LogP contribution in [-0.4, -0.2) is 55.9 Å². The molecule has 1 aromatic carbocycles. The number of carbonyl (C=O) groups excluding carboxylic acids is 2. The minimum absolute atomic E-state index is 0.00435. The molecule has 148 valence electrons. The van der Waals surface area contributed by atoms with Crippen LogP contribution < -0.4 is 9.47 Å². The number of benzene rings is 1. The van der Waals surface area contributed by atoms with Gasteiger partial charge in [-0.2, -0.15) is 13.2 Å². The summed E-state index contributed by atoms with van der Waals surface area (Å²) in [6.07, 6.45) is -3.21. The number of hydrogen-bond donors (Lipinski definition) is 0. The first-order valence-corrected chi connectivity index (χ1v) is 8.36. The largest absolute Gasteiger partial charge is 0.490 e. The third-order valence-corrected chi connectivity index (χ3v) is 3.57. The van der Waals surface area contributed by atoms with E-state index in [1.54, 1.807) is 25.1 Å². The highest BCUT2D eigenvalue weighted by Gasteiger charge is 2.36. The highest BCUT2D eigenvalue weighted by atomic mass is 19.4. The normalized spacial score (nSPS) is 13.1. The number of hydrogen-bond acceptors (Lipinski definition) is 5. The number of amides is 1. The number of para-hydroxylation sites is 1. The Morgan fingerprint density at radius 3 is 2.59 bits per heavy atom. The summed E-state index contributed by atoms with van der Waals surface area (Å²) in [6, 6.07) is 5.03. The Labute approximate surface area is 154 Å². The van der Waals surface area contributed by atoms with Gasteiger partial charge in [-0.25, -0.2) is 0 Å². The van der Waals surface area contributed by atoms with E-state index < -0.39 is 31.1 Å². The van der Waals surface area contributed by atoms with Crippen LogP contribution in [0.1, 0.15) is 19.4 Å². The van der Waals surface area contributed by atoms with Gasteiger partial charge in [0.05, 0.1) is 18.8 Å². The van der Waals surface area contributed by atoms with Crippen molar-refractivity contribution < 1.29 is 37.0 Å². The van der Waals surface area contributed by atoms with Gasteiger partial charge in [0.1, 0.15) is 19.7 Å². The maximum atomic E-state index is 12.8. The fourth-order valence-electron chi connectivity index (χ4n) is 2.55. The van der Waals surface area contributed by atoms with E-state index in [2.05, 4.69) is 4.74 Å². The quantitative estimate of drug-likeness (QED) is 0.674.